The number of nitrogens with zero attached hydrogens (tertiary/aromatic N) is 3. The van der Waals surface area contributed by atoms with E-state index in [0.29, 0.717) is 49.0 Å². The largest absolute Gasteiger partial charge is 0.497 e. The third-order valence-electron chi connectivity index (χ3n) is 5.28. The van der Waals surface area contributed by atoms with Gasteiger partial charge in [-0.05, 0) is 36.4 Å². The van der Waals surface area contributed by atoms with Crippen LogP contribution in [0, 0.1) is 0 Å². The van der Waals surface area contributed by atoms with Crippen LogP contribution in [0.5, 0.6) is 5.75 Å². The minimum absolute atomic E-state index is 0.190. The Balaban J connectivity index is 1.42. The first-order valence-electron chi connectivity index (χ1n) is 9.76. The van der Waals surface area contributed by atoms with Crippen LogP contribution in [-0.4, -0.2) is 54.3 Å². The van der Waals surface area contributed by atoms with Crippen LogP contribution in [0.4, 0.5) is 18.9 Å². The Morgan fingerprint density at radius 3 is 2.48 bits per heavy atom. The lowest BCUT2D eigenvalue weighted by Crippen LogP contribution is -2.49. The fourth-order valence-corrected chi connectivity index (χ4v) is 3.58. The van der Waals surface area contributed by atoms with Gasteiger partial charge in [-0.25, -0.2) is 0 Å². The molecule has 1 N–H and O–H groups in total. The van der Waals surface area contributed by atoms with Crippen molar-refractivity contribution in [1.29, 1.82) is 0 Å². The predicted octanol–water partition coefficient (Wildman–Crippen LogP) is 4.07. The van der Waals surface area contributed by atoms with E-state index in [-0.39, 0.29) is 5.91 Å². The second kappa shape index (κ2) is 8.33. The molecule has 0 aliphatic carbocycles. The van der Waals surface area contributed by atoms with E-state index in [1.165, 1.54) is 6.07 Å². The molecule has 2 heterocycles. The molecule has 0 atom stereocenters. The number of alkyl halides is 3. The van der Waals surface area contributed by atoms with Gasteiger partial charge >= 0.3 is 6.18 Å². The second-order valence-corrected chi connectivity index (χ2v) is 7.23. The van der Waals surface area contributed by atoms with Crippen molar-refractivity contribution in [2.75, 3.05) is 38.2 Å². The Labute approximate surface area is 177 Å². The number of aromatic amines is 1. The number of piperazine rings is 1. The van der Waals surface area contributed by atoms with Gasteiger partial charge in [0.2, 0.25) is 0 Å². The lowest BCUT2D eigenvalue weighted by molar-refractivity contribution is -0.137. The molecule has 1 amide bonds. The standard InChI is InChI=1S/C22H21F3N4O2/c1-31-18-7-2-4-15(12-18)19-14-20(27-26-19)21(30)29-10-8-28(9-11-29)17-6-3-5-16(13-17)22(23,24)25/h2-7,12-14H,8-11H2,1H3,(H,26,27). The molecule has 6 nitrogen and oxygen atoms in total. The quantitative estimate of drug-likeness (QED) is 0.678. The van der Waals surface area contributed by atoms with Crippen molar-refractivity contribution >= 4 is 11.6 Å². The highest BCUT2D eigenvalue weighted by atomic mass is 19.4. The molecule has 4 rings (SSSR count). The number of carbonyl (C=O) groups is 1. The fraction of sp³-hybridized carbons (Fsp3) is 0.273. The summed E-state index contributed by atoms with van der Waals surface area (Å²) in [6.45, 7) is 1.71. The number of benzene rings is 2. The molecule has 2 aromatic carbocycles. The van der Waals surface area contributed by atoms with Crippen LogP contribution in [0.25, 0.3) is 11.3 Å². The number of rotatable bonds is 4. The fourth-order valence-electron chi connectivity index (χ4n) is 3.58. The molecule has 3 aromatic rings. The van der Waals surface area contributed by atoms with Crippen LogP contribution in [0.15, 0.2) is 54.6 Å². The van der Waals surface area contributed by atoms with Gasteiger partial charge in [0.15, 0.2) is 0 Å². The van der Waals surface area contributed by atoms with Crippen LogP contribution >= 0.6 is 0 Å². The number of amides is 1. The van der Waals surface area contributed by atoms with Gasteiger partial charge in [0.1, 0.15) is 11.4 Å². The van der Waals surface area contributed by atoms with E-state index < -0.39 is 11.7 Å². The van der Waals surface area contributed by atoms with Crippen LogP contribution in [0.1, 0.15) is 16.1 Å². The molecular formula is C22H21F3N4O2. The summed E-state index contributed by atoms with van der Waals surface area (Å²) in [4.78, 5) is 16.4. The van der Waals surface area contributed by atoms with E-state index in [2.05, 4.69) is 10.2 Å². The number of halogens is 3. The third-order valence-corrected chi connectivity index (χ3v) is 5.28. The van der Waals surface area contributed by atoms with Gasteiger partial charge in [0.25, 0.3) is 5.91 Å². The number of aromatic nitrogens is 2. The minimum atomic E-state index is -4.38. The van der Waals surface area contributed by atoms with E-state index in [9.17, 15) is 18.0 Å². The molecule has 1 aliphatic rings. The van der Waals surface area contributed by atoms with Crippen molar-refractivity contribution in [3.63, 3.8) is 0 Å². The number of methoxy groups -OCH3 is 1. The van der Waals surface area contributed by atoms with E-state index in [4.69, 9.17) is 4.74 Å². The van der Waals surface area contributed by atoms with Crippen molar-refractivity contribution in [1.82, 2.24) is 15.1 Å². The lowest BCUT2D eigenvalue weighted by Gasteiger charge is -2.36. The average Bonchev–Trinajstić information content (AvgIpc) is 3.29. The smallest absolute Gasteiger partial charge is 0.416 e. The Morgan fingerprint density at radius 2 is 1.77 bits per heavy atom. The van der Waals surface area contributed by atoms with Crippen molar-refractivity contribution < 1.29 is 22.7 Å². The zero-order valence-electron chi connectivity index (χ0n) is 16.8. The normalized spacial score (nSPS) is 14.6. The first kappa shape index (κ1) is 20.8. The van der Waals surface area contributed by atoms with Gasteiger partial charge in [-0.1, -0.05) is 18.2 Å². The number of H-pyrrole nitrogens is 1. The number of hydrogen-bond acceptors (Lipinski definition) is 4. The molecule has 0 bridgehead atoms. The van der Waals surface area contributed by atoms with Gasteiger partial charge in [0, 0.05) is 37.4 Å². The zero-order valence-corrected chi connectivity index (χ0v) is 16.8. The third kappa shape index (κ3) is 4.50. The predicted molar refractivity (Wildman–Crippen MR) is 110 cm³/mol. The zero-order chi connectivity index (χ0) is 22.0. The number of nitrogens with one attached hydrogen (secondary N) is 1. The SMILES string of the molecule is COc1cccc(-c2cc(C(=O)N3CCN(c4cccc(C(F)(F)F)c4)CC3)[nH]n2)c1. The molecule has 0 radical (unpaired) electrons. The van der Waals surface area contributed by atoms with E-state index >= 15 is 0 Å². The van der Waals surface area contributed by atoms with Gasteiger partial charge in [-0.2, -0.15) is 18.3 Å². The summed E-state index contributed by atoms with van der Waals surface area (Å²) in [6.07, 6.45) is -4.38. The Hall–Kier alpha value is -3.49. The summed E-state index contributed by atoms with van der Waals surface area (Å²) in [5.74, 6) is 0.504. The Kier molecular flexibility index (Phi) is 5.58. The topological polar surface area (TPSA) is 61.5 Å². The highest BCUT2D eigenvalue weighted by Crippen LogP contribution is 2.32. The summed E-state index contributed by atoms with van der Waals surface area (Å²) >= 11 is 0. The van der Waals surface area contributed by atoms with Gasteiger partial charge in [-0.3, -0.25) is 9.89 Å². The minimum Gasteiger partial charge on any atom is -0.497 e. The maximum Gasteiger partial charge on any atom is 0.416 e. The summed E-state index contributed by atoms with van der Waals surface area (Å²) in [5, 5.41) is 7.01. The molecule has 1 fully saturated rings. The van der Waals surface area contributed by atoms with Crippen molar-refractivity contribution in [3.05, 3.63) is 65.9 Å². The summed E-state index contributed by atoms with van der Waals surface area (Å²) in [5.41, 5.74) is 1.65. The molecule has 1 aliphatic heterocycles. The van der Waals surface area contributed by atoms with Crippen LogP contribution < -0.4 is 9.64 Å². The molecule has 0 saturated carbocycles. The van der Waals surface area contributed by atoms with Gasteiger partial charge in [0.05, 0.1) is 18.4 Å². The van der Waals surface area contributed by atoms with E-state index in [1.54, 1.807) is 24.1 Å². The van der Waals surface area contributed by atoms with Crippen LogP contribution in [-0.2, 0) is 6.18 Å². The summed E-state index contributed by atoms with van der Waals surface area (Å²) in [6, 6.07) is 14.3. The summed E-state index contributed by atoms with van der Waals surface area (Å²) < 4.78 is 44.1. The summed E-state index contributed by atoms with van der Waals surface area (Å²) in [7, 11) is 1.58. The molecule has 0 spiro atoms. The highest BCUT2D eigenvalue weighted by Gasteiger charge is 2.31. The van der Waals surface area contributed by atoms with E-state index in [1.807, 2.05) is 29.2 Å². The molecule has 162 valence electrons. The highest BCUT2D eigenvalue weighted by molar-refractivity contribution is 5.93. The average molecular weight is 430 g/mol. The van der Waals surface area contributed by atoms with Crippen LogP contribution in [0.2, 0.25) is 0 Å². The lowest BCUT2D eigenvalue weighted by atomic mass is 10.1. The number of anilines is 1. The second-order valence-electron chi connectivity index (χ2n) is 7.23. The van der Waals surface area contributed by atoms with Crippen molar-refractivity contribution in [2.24, 2.45) is 0 Å². The number of hydrogen-bond donors (Lipinski definition) is 1. The Bertz CT molecular complexity index is 1070. The van der Waals surface area contributed by atoms with Crippen molar-refractivity contribution in [2.45, 2.75) is 6.18 Å². The first-order valence-corrected chi connectivity index (χ1v) is 9.76. The molecule has 0 unspecified atom stereocenters. The van der Waals surface area contributed by atoms with Crippen LogP contribution in [0.3, 0.4) is 0 Å². The monoisotopic (exact) mass is 430 g/mol. The first-order chi connectivity index (χ1) is 14.8. The maximum absolute atomic E-state index is 13.0. The molecule has 1 saturated heterocycles. The number of ether oxygens (including phenoxy) is 1. The maximum atomic E-state index is 13.0. The molecular weight excluding hydrogens is 409 g/mol. The molecule has 31 heavy (non-hydrogen) atoms. The molecule has 9 heteroatoms. The molecule has 1 aromatic heterocycles. The van der Waals surface area contributed by atoms with E-state index in [0.717, 1.165) is 17.7 Å². The van der Waals surface area contributed by atoms with Gasteiger partial charge in [-0.15, -0.1) is 0 Å². The van der Waals surface area contributed by atoms with Crippen molar-refractivity contribution in [3.8, 4) is 17.0 Å². The Morgan fingerprint density at radius 1 is 1.03 bits per heavy atom. The number of carbonyl (C=O) groups excluding carboxylic acids is 1. The van der Waals surface area contributed by atoms with Gasteiger partial charge < -0.3 is 14.5 Å².